The molecule has 3 aromatic rings. The van der Waals surface area contributed by atoms with Crippen molar-refractivity contribution in [3.8, 4) is 5.69 Å². The van der Waals surface area contributed by atoms with Gasteiger partial charge in [-0.15, -0.1) is 11.3 Å². The van der Waals surface area contributed by atoms with Crippen LogP contribution in [0.3, 0.4) is 0 Å². The fourth-order valence-corrected chi connectivity index (χ4v) is 2.99. The van der Waals surface area contributed by atoms with E-state index in [1.165, 1.54) is 11.3 Å². The molecule has 1 aromatic carbocycles. The fraction of sp³-hybridized carbons (Fsp3) is 0.235. The number of nitrogens with two attached hydrogens (primary N) is 1. The Labute approximate surface area is 144 Å². The summed E-state index contributed by atoms with van der Waals surface area (Å²) in [4.78, 5) is 18.1. The summed E-state index contributed by atoms with van der Waals surface area (Å²) in [6.45, 7) is 0.533. The van der Waals surface area contributed by atoms with Gasteiger partial charge >= 0.3 is 0 Å². The summed E-state index contributed by atoms with van der Waals surface area (Å²) in [5, 5.41) is 6.79. The van der Waals surface area contributed by atoms with Gasteiger partial charge in [0.05, 0.1) is 17.6 Å². The van der Waals surface area contributed by atoms with Crippen molar-refractivity contribution >= 4 is 22.4 Å². The van der Waals surface area contributed by atoms with Gasteiger partial charge in [-0.3, -0.25) is 4.79 Å². The molecular formula is C17H19N5OS. The lowest BCUT2D eigenvalue weighted by atomic mass is 10.2. The number of hydrogen-bond donors (Lipinski definition) is 1. The highest BCUT2D eigenvalue weighted by Crippen LogP contribution is 2.14. The summed E-state index contributed by atoms with van der Waals surface area (Å²) >= 11 is 1.40. The van der Waals surface area contributed by atoms with Gasteiger partial charge in [-0.2, -0.15) is 5.10 Å². The van der Waals surface area contributed by atoms with Crippen LogP contribution in [0.25, 0.3) is 5.69 Å². The summed E-state index contributed by atoms with van der Waals surface area (Å²) in [6.07, 6.45) is 4.77. The number of para-hydroxylation sites is 1. The first-order chi connectivity index (χ1) is 11.6. The molecule has 124 valence electrons. The third kappa shape index (κ3) is 3.99. The highest BCUT2D eigenvalue weighted by atomic mass is 32.1. The molecule has 2 heterocycles. The van der Waals surface area contributed by atoms with Gasteiger partial charge < -0.3 is 10.6 Å². The molecule has 0 aliphatic carbocycles. The average molecular weight is 341 g/mol. The van der Waals surface area contributed by atoms with E-state index in [1.54, 1.807) is 18.1 Å². The van der Waals surface area contributed by atoms with Crippen molar-refractivity contribution in [1.82, 2.24) is 19.7 Å². The Kier molecular flexibility index (Phi) is 4.90. The van der Waals surface area contributed by atoms with Gasteiger partial charge in [0.15, 0.2) is 5.13 Å². The second-order valence-electron chi connectivity index (χ2n) is 5.56. The minimum absolute atomic E-state index is 0.0778. The Bertz CT molecular complexity index is 811. The zero-order valence-corrected chi connectivity index (χ0v) is 14.2. The number of aryl methyl sites for hydroxylation is 1. The largest absolute Gasteiger partial charge is 0.375 e. The van der Waals surface area contributed by atoms with Gasteiger partial charge in [0.25, 0.3) is 0 Å². The molecule has 0 saturated heterocycles. The van der Waals surface area contributed by atoms with Crippen LogP contribution in [0.1, 0.15) is 17.7 Å². The van der Waals surface area contributed by atoms with Gasteiger partial charge in [-0.25, -0.2) is 9.67 Å². The van der Waals surface area contributed by atoms with Crippen LogP contribution in [0.15, 0.2) is 48.1 Å². The third-order valence-corrected chi connectivity index (χ3v) is 4.39. The van der Waals surface area contributed by atoms with Crippen LogP contribution in [0.5, 0.6) is 0 Å². The second kappa shape index (κ2) is 7.27. The fourth-order valence-electron chi connectivity index (χ4n) is 2.39. The number of rotatable bonds is 6. The van der Waals surface area contributed by atoms with Crippen LogP contribution in [0.4, 0.5) is 5.13 Å². The standard InChI is InChI=1S/C17H19N5OS/c1-21(16(23)8-7-14-12-24-17(18)20-14)10-13-9-19-22(11-13)15-5-3-2-4-6-15/h2-6,9,11-12H,7-8,10H2,1H3,(H2,18,20). The zero-order chi connectivity index (χ0) is 16.9. The Hall–Kier alpha value is -2.67. The lowest BCUT2D eigenvalue weighted by Gasteiger charge is -2.15. The number of carbonyl (C=O) groups excluding carboxylic acids is 1. The van der Waals surface area contributed by atoms with Crippen molar-refractivity contribution in [2.45, 2.75) is 19.4 Å². The number of thiazole rings is 1. The Morgan fingerprint density at radius 1 is 1.33 bits per heavy atom. The number of anilines is 1. The number of aromatic nitrogens is 3. The van der Waals surface area contributed by atoms with Gasteiger partial charge in [-0.1, -0.05) is 18.2 Å². The Morgan fingerprint density at radius 3 is 2.83 bits per heavy atom. The van der Waals surface area contributed by atoms with Crippen LogP contribution in [0.2, 0.25) is 0 Å². The van der Waals surface area contributed by atoms with E-state index in [-0.39, 0.29) is 5.91 Å². The third-order valence-electron chi connectivity index (χ3n) is 3.67. The van der Waals surface area contributed by atoms with Crippen molar-refractivity contribution in [2.75, 3.05) is 12.8 Å². The van der Waals surface area contributed by atoms with Gasteiger partial charge in [0.2, 0.25) is 5.91 Å². The van der Waals surface area contributed by atoms with E-state index in [2.05, 4.69) is 10.1 Å². The number of nitrogen functional groups attached to an aromatic ring is 1. The lowest BCUT2D eigenvalue weighted by Crippen LogP contribution is -2.26. The summed E-state index contributed by atoms with van der Waals surface area (Å²) in [5.74, 6) is 0.0778. The van der Waals surface area contributed by atoms with Crippen LogP contribution >= 0.6 is 11.3 Å². The molecule has 1 amide bonds. The molecule has 0 spiro atoms. The average Bonchev–Trinajstić information content (AvgIpc) is 3.22. The van der Waals surface area contributed by atoms with E-state index in [0.717, 1.165) is 16.9 Å². The number of carbonyl (C=O) groups is 1. The summed E-state index contributed by atoms with van der Waals surface area (Å²) in [7, 11) is 1.80. The summed E-state index contributed by atoms with van der Waals surface area (Å²) < 4.78 is 1.81. The van der Waals surface area contributed by atoms with Crippen LogP contribution in [-0.2, 0) is 17.8 Å². The first kappa shape index (κ1) is 16.2. The molecule has 3 rings (SSSR count). The van der Waals surface area contributed by atoms with Crippen LogP contribution in [0, 0.1) is 0 Å². The smallest absolute Gasteiger partial charge is 0.223 e. The first-order valence-electron chi connectivity index (χ1n) is 7.64. The topological polar surface area (TPSA) is 77.0 Å². The van der Waals surface area contributed by atoms with Crippen molar-refractivity contribution in [2.24, 2.45) is 0 Å². The molecule has 0 unspecified atom stereocenters. The van der Waals surface area contributed by atoms with E-state index in [0.29, 0.717) is 24.5 Å². The molecule has 0 aliphatic rings. The van der Waals surface area contributed by atoms with Crippen molar-refractivity contribution in [3.05, 3.63) is 59.4 Å². The van der Waals surface area contributed by atoms with Gasteiger partial charge in [0, 0.05) is 37.2 Å². The molecule has 7 heteroatoms. The maximum absolute atomic E-state index is 12.2. The molecule has 0 atom stereocenters. The SMILES string of the molecule is CN(Cc1cnn(-c2ccccc2)c1)C(=O)CCc1csc(N)n1. The minimum atomic E-state index is 0.0778. The van der Waals surface area contributed by atoms with Crippen LogP contribution in [-0.4, -0.2) is 32.6 Å². The van der Waals surface area contributed by atoms with Crippen molar-refractivity contribution in [3.63, 3.8) is 0 Å². The number of hydrogen-bond acceptors (Lipinski definition) is 5. The predicted molar refractivity (Wildman–Crippen MR) is 94.9 cm³/mol. The van der Waals surface area contributed by atoms with E-state index in [1.807, 2.05) is 46.6 Å². The molecule has 2 N–H and O–H groups in total. The van der Waals surface area contributed by atoms with E-state index >= 15 is 0 Å². The Balaban J connectivity index is 1.55. The summed E-state index contributed by atoms with van der Waals surface area (Å²) in [5.41, 5.74) is 8.46. The molecule has 0 radical (unpaired) electrons. The number of benzene rings is 1. The molecule has 2 aromatic heterocycles. The molecule has 0 bridgehead atoms. The maximum atomic E-state index is 12.2. The molecular weight excluding hydrogens is 322 g/mol. The number of nitrogens with zero attached hydrogens (tertiary/aromatic N) is 4. The zero-order valence-electron chi connectivity index (χ0n) is 13.4. The molecule has 6 nitrogen and oxygen atoms in total. The van der Waals surface area contributed by atoms with E-state index in [9.17, 15) is 4.79 Å². The minimum Gasteiger partial charge on any atom is -0.375 e. The highest BCUT2D eigenvalue weighted by Gasteiger charge is 2.12. The first-order valence-corrected chi connectivity index (χ1v) is 8.52. The monoisotopic (exact) mass is 341 g/mol. The molecule has 24 heavy (non-hydrogen) atoms. The van der Waals surface area contributed by atoms with Crippen LogP contribution < -0.4 is 5.73 Å². The van der Waals surface area contributed by atoms with Gasteiger partial charge in [-0.05, 0) is 18.6 Å². The molecule has 0 fully saturated rings. The van der Waals surface area contributed by atoms with E-state index < -0.39 is 0 Å². The summed E-state index contributed by atoms with van der Waals surface area (Å²) in [6, 6.07) is 9.89. The Morgan fingerprint density at radius 2 is 2.12 bits per heavy atom. The van der Waals surface area contributed by atoms with E-state index in [4.69, 9.17) is 5.73 Å². The highest BCUT2D eigenvalue weighted by molar-refractivity contribution is 7.13. The molecule has 0 aliphatic heterocycles. The normalized spacial score (nSPS) is 10.7. The predicted octanol–water partition coefficient (Wildman–Crippen LogP) is 2.50. The second-order valence-corrected chi connectivity index (χ2v) is 6.45. The molecule has 0 saturated carbocycles. The van der Waals surface area contributed by atoms with Crippen molar-refractivity contribution < 1.29 is 4.79 Å². The number of amides is 1. The van der Waals surface area contributed by atoms with Crippen molar-refractivity contribution in [1.29, 1.82) is 0 Å². The maximum Gasteiger partial charge on any atom is 0.223 e. The van der Waals surface area contributed by atoms with Gasteiger partial charge in [0.1, 0.15) is 0 Å². The lowest BCUT2D eigenvalue weighted by molar-refractivity contribution is -0.130. The quantitative estimate of drug-likeness (QED) is 0.747.